The van der Waals surface area contributed by atoms with Crippen LogP contribution in [0.2, 0.25) is 0 Å². The van der Waals surface area contributed by atoms with E-state index in [9.17, 15) is 5.11 Å². The molecule has 0 aliphatic carbocycles. The van der Waals surface area contributed by atoms with Gasteiger partial charge in [-0.15, -0.1) is 0 Å². The monoisotopic (exact) mass is 267 g/mol. The molecule has 0 amide bonds. The predicted molar refractivity (Wildman–Crippen MR) is 75.9 cm³/mol. The molecule has 0 aliphatic rings. The molecule has 0 bridgehead atoms. The van der Waals surface area contributed by atoms with Crippen molar-refractivity contribution in [1.29, 1.82) is 0 Å². The Morgan fingerprint density at radius 3 is 2.42 bits per heavy atom. The highest BCUT2D eigenvalue weighted by molar-refractivity contribution is 5.22. The Labute approximate surface area is 115 Å². The van der Waals surface area contributed by atoms with Gasteiger partial charge in [-0.25, -0.2) is 0 Å². The molecule has 0 radical (unpaired) electrons. The second kappa shape index (κ2) is 9.04. The highest BCUT2D eigenvalue weighted by atomic mass is 16.5. The number of rotatable bonds is 10. The van der Waals surface area contributed by atoms with E-state index in [-0.39, 0.29) is 13.2 Å². The molecule has 4 nitrogen and oxygen atoms in total. The van der Waals surface area contributed by atoms with Gasteiger partial charge in [0.25, 0.3) is 0 Å². The van der Waals surface area contributed by atoms with Crippen LogP contribution in [0.4, 0.5) is 0 Å². The van der Waals surface area contributed by atoms with E-state index >= 15 is 0 Å². The number of nitrogens with two attached hydrogens (primary N) is 1. The van der Waals surface area contributed by atoms with Crippen LogP contribution in [-0.2, 0) is 15.1 Å². The zero-order chi connectivity index (χ0) is 14.0. The van der Waals surface area contributed by atoms with Crippen LogP contribution in [0.1, 0.15) is 25.3 Å². The summed E-state index contributed by atoms with van der Waals surface area (Å²) in [4.78, 5) is 0. The molecule has 1 unspecified atom stereocenters. The molecule has 0 spiro atoms. The average molecular weight is 267 g/mol. The quantitative estimate of drug-likeness (QED) is 0.633. The van der Waals surface area contributed by atoms with Gasteiger partial charge in [0.2, 0.25) is 0 Å². The van der Waals surface area contributed by atoms with Crippen molar-refractivity contribution in [2.75, 3.05) is 33.0 Å². The van der Waals surface area contributed by atoms with E-state index < -0.39 is 5.60 Å². The smallest absolute Gasteiger partial charge is 0.125 e. The van der Waals surface area contributed by atoms with Crippen LogP contribution in [0.3, 0.4) is 0 Å². The predicted octanol–water partition coefficient (Wildman–Crippen LogP) is 1.67. The fraction of sp³-hybridized carbons (Fsp3) is 0.600. The van der Waals surface area contributed by atoms with Crippen LogP contribution >= 0.6 is 0 Å². The van der Waals surface area contributed by atoms with E-state index in [0.29, 0.717) is 13.2 Å². The Hall–Kier alpha value is -0.940. The Balaban J connectivity index is 2.29. The van der Waals surface area contributed by atoms with Crippen molar-refractivity contribution in [2.24, 2.45) is 5.73 Å². The first-order valence-corrected chi connectivity index (χ1v) is 6.86. The van der Waals surface area contributed by atoms with Crippen LogP contribution in [0.5, 0.6) is 0 Å². The lowest BCUT2D eigenvalue weighted by molar-refractivity contribution is -0.0570. The van der Waals surface area contributed by atoms with Gasteiger partial charge in [0.1, 0.15) is 5.60 Å². The minimum Gasteiger partial charge on any atom is -0.381 e. The van der Waals surface area contributed by atoms with E-state index in [4.69, 9.17) is 15.2 Å². The minimum atomic E-state index is -1.12. The third-order valence-corrected chi connectivity index (χ3v) is 3.00. The first kappa shape index (κ1) is 16.1. The van der Waals surface area contributed by atoms with Gasteiger partial charge < -0.3 is 20.3 Å². The zero-order valence-corrected chi connectivity index (χ0v) is 11.7. The SMILES string of the molecule is CCCCOCCOCC(O)(CN)c1ccccc1. The number of unbranched alkanes of at least 4 members (excludes halogenated alkanes) is 1. The maximum atomic E-state index is 10.4. The molecule has 0 heterocycles. The first-order chi connectivity index (χ1) is 9.23. The van der Waals surface area contributed by atoms with E-state index in [2.05, 4.69) is 6.92 Å². The number of benzene rings is 1. The molecule has 1 aromatic carbocycles. The fourth-order valence-electron chi connectivity index (χ4n) is 1.72. The largest absolute Gasteiger partial charge is 0.381 e. The number of hydrogen-bond donors (Lipinski definition) is 2. The summed E-state index contributed by atoms with van der Waals surface area (Å²) in [5, 5.41) is 10.4. The van der Waals surface area contributed by atoms with Gasteiger partial charge in [0.15, 0.2) is 0 Å². The van der Waals surface area contributed by atoms with Gasteiger partial charge in [0, 0.05) is 13.2 Å². The van der Waals surface area contributed by atoms with Crippen LogP contribution in [0.25, 0.3) is 0 Å². The number of aliphatic hydroxyl groups is 1. The van der Waals surface area contributed by atoms with E-state index in [1.807, 2.05) is 30.3 Å². The zero-order valence-electron chi connectivity index (χ0n) is 11.7. The standard InChI is InChI=1S/C15H25NO3/c1-2-3-9-18-10-11-19-13-15(17,12-16)14-7-5-4-6-8-14/h4-8,17H,2-3,9-13,16H2,1H3. The number of hydrogen-bond acceptors (Lipinski definition) is 4. The summed E-state index contributed by atoms with van der Waals surface area (Å²) < 4.78 is 10.9. The molecule has 1 rings (SSSR count). The molecule has 0 fully saturated rings. The van der Waals surface area contributed by atoms with E-state index in [0.717, 1.165) is 25.0 Å². The Morgan fingerprint density at radius 2 is 1.79 bits per heavy atom. The molecule has 1 aromatic rings. The normalized spacial score (nSPS) is 14.3. The van der Waals surface area contributed by atoms with Gasteiger partial charge in [-0.2, -0.15) is 0 Å². The highest BCUT2D eigenvalue weighted by Gasteiger charge is 2.27. The second-order valence-electron chi connectivity index (χ2n) is 4.62. The summed E-state index contributed by atoms with van der Waals surface area (Å²) in [6, 6.07) is 9.37. The molecule has 108 valence electrons. The third kappa shape index (κ3) is 5.70. The van der Waals surface area contributed by atoms with Gasteiger partial charge in [0.05, 0.1) is 19.8 Å². The molecule has 4 heteroatoms. The molecule has 1 atom stereocenters. The Morgan fingerprint density at radius 1 is 1.11 bits per heavy atom. The summed E-state index contributed by atoms with van der Waals surface area (Å²) in [7, 11) is 0. The van der Waals surface area contributed by atoms with Gasteiger partial charge >= 0.3 is 0 Å². The van der Waals surface area contributed by atoms with Crippen molar-refractivity contribution < 1.29 is 14.6 Å². The van der Waals surface area contributed by atoms with Crippen LogP contribution in [0, 0.1) is 0 Å². The molecule has 0 saturated carbocycles. The number of ether oxygens (including phenoxy) is 2. The Bertz CT molecular complexity index is 331. The fourth-order valence-corrected chi connectivity index (χ4v) is 1.72. The van der Waals surface area contributed by atoms with E-state index in [1.165, 1.54) is 0 Å². The van der Waals surface area contributed by atoms with Crippen LogP contribution < -0.4 is 5.73 Å². The lowest BCUT2D eigenvalue weighted by atomic mass is 9.95. The maximum Gasteiger partial charge on any atom is 0.125 e. The van der Waals surface area contributed by atoms with Crippen molar-refractivity contribution in [3.63, 3.8) is 0 Å². The summed E-state index contributed by atoms with van der Waals surface area (Å²) >= 11 is 0. The average Bonchev–Trinajstić information content (AvgIpc) is 2.47. The second-order valence-corrected chi connectivity index (χ2v) is 4.62. The molecule has 0 aromatic heterocycles. The highest BCUT2D eigenvalue weighted by Crippen LogP contribution is 2.19. The van der Waals surface area contributed by atoms with Crippen molar-refractivity contribution in [2.45, 2.75) is 25.4 Å². The third-order valence-electron chi connectivity index (χ3n) is 3.00. The summed E-state index contributed by atoms with van der Waals surface area (Å²) in [5.41, 5.74) is 5.32. The maximum absolute atomic E-state index is 10.4. The van der Waals surface area contributed by atoms with Crippen molar-refractivity contribution in [3.8, 4) is 0 Å². The van der Waals surface area contributed by atoms with Gasteiger partial charge in [-0.3, -0.25) is 0 Å². The van der Waals surface area contributed by atoms with Crippen molar-refractivity contribution >= 4 is 0 Å². The lowest BCUT2D eigenvalue weighted by Gasteiger charge is -2.26. The summed E-state index contributed by atoms with van der Waals surface area (Å²) in [5.74, 6) is 0. The molecule has 0 saturated heterocycles. The lowest BCUT2D eigenvalue weighted by Crippen LogP contribution is -2.39. The Kier molecular flexibility index (Phi) is 7.67. The van der Waals surface area contributed by atoms with Gasteiger partial charge in [-0.1, -0.05) is 43.7 Å². The van der Waals surface area contributed by atoms with Crippen LogP contribution in [-0.4, -0.2) is 38.1 Å². The minimum absolute atomic E-state index is 0.133. The molecular formula is C15H25NO3. The molecular weight excluding hydrogens is 242 g/mol. The molecule has 19 heavy (non-hydrogen) atoms. The summed E-state index contributed by atoms with van der Waals surface area (Å²) in [6.07, 6.45) is 2.19. The van der Waals surface area contributed by atoms with E-state index in [1.54, 1.807) is 0 Å². The van der Waals surface area contributed by atoms with Crippen molar-refractivity contribution in [1.82, 2.24) is 0 Å². The molecule has 3 N–H and O–H groups in total. The van der Waals surface area contributed by atoms with Crippen molar-refractivity contribution in [3.05, 3.63) is 35.9 Å². The van der Waals surface area contributed by atoms with Crippen LogP contribution in [0.15, 0.2) is 30.3 Å². The molecule has 0 aliphatic heterocycles. The van der Waals surface area contributed by atoms with Gasteiger partial charge in [-0.05, 0) is 12.0 Å². The summed E-state index contributed by atoms with van der Waals surface area (Å²) in [6.45, 7) is 4.23. The first-order valence-electron chi connectivity index (χ1n) is 6.86. The topological polar surface area (TPSA) is 64.7 Å².